The zero-order valence-corrected chi connectivity index (χ0v) is 11.7. The topological polar surface area (TPSA) is 33.7 Å². The van der Waals surface area contributed by atoms with Gasteiger partial charge in [0.05, 0.1) is 25.5 Å². The molecule has 2 heterocycles. The van der Waals surface area contributed by atoms with Gasteiger partial charge in [0, 0.05) is 25.7 Å². The number of hydrogen-bond donors (Lipinski definition) is 1. The van der Waals surface area contributed by atoms with Crippen molar-refractivity contribution in [2.24, 2.45) is 0 Å². The van der Waals surface area contributed by atoms with Gasteiger partial charge in [0.15, 0.2) is 0 Å². The number of benzene rings is 1. The molecule has 2 unspecified atom stereocenters. The normalized spacial score (nSPS) is 26.6. The molecule has 1 aromatic carbocycles. The molecule has 0 radical (unpaired) electrons. The predicted molar refractivity (Wildman–Crippen MR) is 78.3 cm³/mol. The quantitative estimate of drug-likeness (QED) is 0.880. The van der Waals surface area contributed by atoms with Crippen molar-refractivity contribution in [3.05, 3.63) is 48.2 Å². The van der Waals surface area contributed by atoms with Crippen molar-refractivity contribution in [1.82, 2.24) is 10.2 Å². The average molecular weight is 274 g/mol. The third-order valence-corrected chi connectivity index (χ3v) is 3.91. The smallest absolute Gasteiger partial charge is 0.106 e. The molecule has 2 aliphatic rings. The van der Waals surface area contributed by atoms with Crippen LogP contribution in [0.3, 0.4) is 0 Å². The zero-order valence-electron chi connectivity index (χ0n) is 11.7. The third kappa shape index (κ3) is 3.39. The number of rotatable bonds is 5. The van der Waals surface area contributed by atoms with Crippen molar-refractivity contribution in [3.8, 4) is 0 Å². The van der Waals surface area contributed by atoms with Crippen molar-refractivity contribution in [3.63, 3.8) is 0 Å². The first-order chi connectivity index (χ1) is 9.93. The second-order valence-corrected chi connectivity index (χ2v) is 5.33. The lowest BCUT2D eigenvalue weighted by molar-refractivity contribution is 0.0203. The molecule has 1 saturated heterocycles. The standard InChI is InChI=1S/C16H22N2O2/c1-2-4-14(5-3-1)11-20-13-16-10-17-7-8-18(16)15-6-9-19-12-15/h1-6,9,15-17H,7-8,10-13H2. The highest BCUT2D eigenvalue weighted by molar-refractivity contribution is 5.13. The van der Waals surface area contributed by atoms with Crippen molar-refractivity contribution >= 4 is 0 Å². The van der Waals surface area contributed by atoms with Gasteiger partial charge in [-0.3, -0.25) is 4.90 Å². The molecule has 0 spiro atoms. The maximum Gasteiger partial charge on any atom is 0.106 e. The predicted octanol–water partition coefficient (Wildman–Crippen LogP) is 1.39. The fourth-order valence-electron chi connectivity index (χ4n) is 2.82. The first-order valence-corrected chi connectivity index (χ1v) is 7.30. The van der Waals surface area contributed by atoms with E-state index in [-0.39, 0.29) is 0 Å². The van der Waals surface area contributed by atoms with E-state index in [0.29, 0.717) is 18.7 Å². The molecular weight excluding hydrogens is 252 g/mol. The minimum atomic E-state index is 0.405. The number of piperazine rings is 1. The lowest BCUT2D eigenvalue weighted by Crippen LogP contribution is -2.56. The van der Waals surface area contributed by atoms with Crippen molar-refractivity contribution in [2.45, 2.75) is 18.7 Å². The number of hydrogen-bond acceptors (Lipinski definition) is 4. The van der Waals surface area contributed by atoms with Crippen LogP contribution in [0.2, 0.25) is 0 Å². The second kappa shape index (κ2) is 6.88. The minimum absolute atomic E-state index is 0.405. The van der Waals surface area contributed by atoms with E-state index < -0.39 is 0 Å². The van der Waals surface area contributed by atoms with Crippen LogP contribution in [0.15, 0.2) is 42.7 Å². The van der Waals surface area contributed by atoms with E-state index >= 15 is 0 Å². The van der Waals surface area contributed by atoms with Gasteiger partial charge < -0.3 is 14.8 Å². The Balaban J connectivity index is 1.50. The summed E-state index contributed by atoms with van der Waals surface area (Å²) in [6, 6.07) is 11.2. The van der Waals surface area contributed by atoms with Crippen molar-refractivity contribution in [1.29, 1.82) is 0 Å². The summed E-state index contributed by atoms with van der Waals surface area (Å²) in [4.78, 5) is 2.49. The van der Waals surface area contributed by atoms with Gasteiger partial charge in [0.25, 0.3) is 0 Å². The molecule has 2 aliphatic heterocycles. The largest absolute Gasteiger partial charge is 0.499 e. The second-order valence-electron chi connectivity index (χ2n) is 5.33. The highest BCUT2D eigenvalue weighted by Crippen LogP contribution is 2.15. The summed E-state index contributed by atoms with van der Waals surface area (Å²) in [5, 5.41) is 3.45. The van der Waals surface area contributed by atoms with E-state index in [2.05, 4.69) is 28.4 Å². The molecule has 108 valence electrons. The number of nitrogens with one attached hydrogen (secondary N) is 1. The van der Waals surface area contributed by atoms with Gasteiger partial charge in [-0.2, -0.15) is 0 Å². The highest BCUT2D eigenvalue weighted by Gasteiger charge is 2.29. The van der Waals surface area contributed by atoms with Gasteiger partial charge in [-0.05, 0) is 11.6 Å². The zero-order chi connectivity index (χ0) is 13.6. The molecule has 2 atom stereocenters. The molecule has 0 amide bonds. The van der Waals surface area contributed by atoms with E-state index in [0.717, 1.165) is 32.8 Å². The van der Waals surface area contributed by atoms with Gasteiger partial charge >= 0.3 is 0 Å². The van der Waals surface area contributed by atoms with Gasteiger partial charge in [0.2, 0.25) is 0 Å². The van der Waals surface area contributed by atoms with E-state index in [1.54, 1.807) is 0 Å². The van der Waals surface area contributed by atoms with Gasteiger partial charge in [-0.25, -0.2) is 0 Å². The van der Waals surface area contributed by atoms with Gasteiger partial charge in [-0.15, -0.1) is 0 Å². The Morgan fingerprint density at radius 2 is 2.20 bits per heavy atom. The van der Waals surface area contributed by atoms with E-state index in [1.165, 1.54) is 5.56 Å². The monoisotopic (exact) mass is 274 g/mol. The van der Waals surface area contributed by atoms with Gasteiger partial charge in [0.1, 0.15) is 6.61 Å². The van der Waals surface area contributed by atoms with Crippen LogP contribution in [0.1, 0.15) is 5.56 Å². The van der Waals surface area contributed by atoms with Crippen LogP contribution in [0.5, 0.6) is 0 Å². The maximum atomic E-state index is 5.90. The van der Waals surface area contributed by atoms with Crippen LogP contribution in [0.25, 0.3) is 0 Å². The highest BCUT2D eigenvalue weighted by atomic mass is 16.5. The summed E-state index contributed by atoms with van der Waals surface area (Å²) in [6.45, 7) is 5.29. The molecule has 20 heavy (non-hydrogen) atoms. The summed E-state index contributed by atoms with van der Waals surface area (Å²) in [5.41, 5.74) is 1.23. The van der Waals surface area contributed by atoms with Crippen LogP contribution in [0, 0.1) is 0 Å². The Morgan fingerprint density at radius 1 is 1.30 bits per heavy atom. The summed E-state index contributed by atoms with van der Waals surface area (Å²) in [6.07, 6.45) is 3.96. The summed E-state index contributed by atoms with van der Waals surface area (Å²) in [7, 11) is 0. The molecule has 1 fully saturated rings. The van der Waals surface area contributed by atoms with Crippen LogP contribution in [0.4, 0.5) is 0 Å². The van der Waals surface area contributed by atoms with Gasteiger partial charge in [-0.1, -0.05) is 30.3 Å². The van der Waals surface area contributed by atoms with E-state index in [4.69, 9.17) is 9.47 Å². The van der Waals surface area contributed by atoms with Crippen LogP contribution in [-0.4, -0.2) is 49.8 Å². The average Bonchev–Trinajstić information content (AvgIpc) is 3.03. The lowest BCUT2D eigenvalue weighted by atomic mass is 10.1. The molecular formula is C16H22N2O2. The molecule has 0 aromatic heterocycles. The molecule has 1 aromatic rings. The molecule has 4 nitrogen and oxygen atoms in total. The maximum absolute atomic E-state index is 5.90. The minimum Gasteiger partial charge on any atom is -0.499 e. The SMILES string of the molecule is C1=CC(N2CCNCC2COCc2ccccc2)CO1. The molecule has 1 N–H and O–H groups in total. The molecule has 0 saturated carbocycles. The summed E-state index contributed by atoms with van der Waals surface area (Å²) >= 11 is 0. The lowest BCUT2D eigenvalue weighted by Gasteiger charge is -2.38. The molecule has 0 aliphatic carbocycles. The Morgan fingerprint density at radius 3 is 3.00 bits per heavy atom. The summed E-state index contributed by atoms with van der Waals surface area (Å²) in [5.74, 6) is 0. The van der Waals surface area contributed by atoms with Crippen molar-refractivity contribution < 1.29 is 9.47 Å². The van der Waals surface area contributed by atoms with E-state index in [1.807, 2.05) is 24.5 Å². The number of nitrogens with zero attached hydrogens (tertiary/aromatic N) is 1. The molecule has 4 heteroatoms. The summed E-state index contributed by atoms with van der Waals surface area (Å²) < 4.78 is 11.3. The van der Waals surface area contributed by atoms with Crippen LogP contribution in [-0.2, 0) is 16.1 Å². The van der Waals surface area contributed by atoms with Crippen LogP contribution >= 0.6 is 0 Å². The van der Waals surface area contributed by atoms with Crippen molar-refractivity contribution in [2.75, 3.05) is 32.8 Å². The number of ether oxygens (including phenoxy) is 2. The Bertz CT molecular complexity index is 435. The third-order valence-electron chi connectivity index (χ3n) is 3.91. The first-order valence-electron chi connectivity index (χ1n) is 7.30. The Hall–Kier alpha value is -1.36. The Kier molecular flexibility index (Phi) is 4.69. The van der Waals surface area contributed by atoms with Crippen LogP contribution < -0.4 is 5.32 Å². The van der Waals surface area contributed by atoms with E-state index in [9.17, 15) is 0 Å². The first kappa shape index (κ1) is 13.6. The molecule has 0 bridgehead atoms. The molecule has 3 rings (SSSR count). The fourth-order valence-corrected chi connectivity index (χ4v) is 2.82. The Labute approximate surface area is 120 Å². The fraction of sp³-hybridized carbons (Fsp3) is 0.500.